The highest BCUT2D eigenvalue weighted by molar-refractivity contribution is 5.93. The fraction of sp³-hybridized carbons (Fsp3) is 0.227. The van der Waals surface area contributed by atoms with Crippen LogP contribution in [-0.4, -0.2) is 20.1 Å². The molecule has 0 saturated carbocycles. The standard InChI is InChI=1S/C22H23NO5/c1-15(19-13-18(25-2)9-10-20(19)26-3)23-22(24)21-16(11-12-27-21)14-28-17-7-5-4-6-8-17/h4-13,15H,14H2,1-3H3,(H,23,24). The van der Waals surface area contributed by atoms with Crippen molar-refractivity contribution < 1.29 is 23.4 Å². The van der Waals surface area contributed by atoms with Crippen LogP contribution in [0.15, 0.2) is 65.3 Å². The summed E-state index contributed by atoms with van der Waals surface area (Å²) in [6.07, 6.45) is 1.48. The molecule has 0 bridgehead atoms. The third kappa shape index (κ3) is 4.46. The first kappa shape index (κ1) is 19.4. The third-order valence-electron chi connectivity index (χ3n) is 4.34. The van der Waals surface area contributed by atoms with Crippen molar-refractivity contribution in [2.75, 3.05) is 14.2 Å². The Morgan fingerprint density at radius 2 is 1.82 bits per heavy atom. The van der Waals surface area contributed by atoms with Crippen molar-refractivity contribution in [2.24, 2.45) is 0 Å². The first-order valence-corrected chi connectivity index (χ1v) is 8.89. The number of nitrogens with one attached hydrogen (secondary N) is 1. The van der Waals surface area contributed by atoms with E-state index < -0.39 is 0 Å². The van der Waals surface area contributed by atoms with Crippen molar-refractivity contribution in [3.05, 3.63) is 77.7 Å². The number of ether oxygens (including phenoxy) is 3. The summed E-state index contributed by atoms with van der Waals surface area (Å²) in [6, 6.07) is 16.3. The maximum atomic E-state index is 12.7. The molecule has 0 radical (unpaired) electrons. The topological polar surface area (TPSA) is 69.9 Å². The molecular formula is C22H23NO5. The highest BCUT2D eigenvalue weighted by atomic mass is 16.5. The number of hydrogen-bond acceptors (Lipinski definition) is 5. The van der Waals surface area contributed by atoms with Crippen molar-refractivity contribution in [3.8, 4) is 17.2 Å². The van der Waals surface area contributed by atoms with E-state index >= 15 is 0 Å². The van der Waals surface area contributed by atoms with Gasteiger partial charge in [0.05, 0.1) is 26.5 Å². The smallest absolute Gasteiger partial charge is 0.287 e. The van der Waals surface area contributed by atoms with Gasteiger partial charge in [-0.1, -0.05) is 18.2 Å². The molecule has 1 amide bonds. The molecule has 0 aliphatic heterocycles. The fourth-order valence-corrected chi connectivity index (χ4v) is 2.84. The summed E-state index contributed by atoms with van der Waals surface area (Å²) < 4.78 is 21.8. The maximum absolute atomic E-state index is 12.7. The van der Waals surface area contributed by atoms with Crippen LogP contribution in [0.2, 0.25) is 0 Å². The van der Waals surface area contributed by atoms with Gasteiger partial charge in [-0.15, -0.1) is 0 Å². The van der Waals surface area contributed by atoms with Gasteiger partial charge in [-0.05, 0) is 43.3 Å². The van der Waals surface area contributed by atoms with Crippen LogP contribution in [0.5, 0.6) is 17.2 Å². The van der Waals surface area contributed by atoms with Crippen molar-refractivity contribution >= 4 is 5.91 Å². The van der Waals surface area contributed by atoms with Crippen LogP contribution in [0.3, 0.4) is 0 Å². The predicted octanol–water partition coefficient (Wildman–Crippen LogP) is 4.37. The Kier molecular flexibility index (Phi) is 6.22. The molecule has 6 nitrogen and oxygen atoms in total. The van der Waals surface area contributed by atoms with Crippen LogP contribution in [-0.2, 0) is 6.61 Å². The Balaban J connectivity index is 1.71. The van der Waals surface area contributed by atoms with Crippen molar-refractivity contribution in [3.63, 3.8) is 0 Å². The maximum Gasteiger partial charge on any atom is 0.287 e. The summed E-state index contributed by atoms with van der Waals surface area (Å²) in [6.45, 7) is 2.11. The van der Waals surface area contributed by atoms with Gasteiger partial charge in [0.25, 0.3) is 5.91 Å². The number of para-hydroxylation sites is 1. The number of methoxy groups -OCH3 is 2. The van der Waals surface area contributed by atoms with Gasteiger partial charge >= 0.3 is 0 Å². The van der Waals surface area contributed by atoms with Gasteiger partial charge in [0, 0.05) is 11.1 Å². The molecule has 0 spiro atoms. The molecular weight excluding hydrogens is 358 g/mol. The first-order valence-electron chi connectivity index (χ1n) is 8.89. The van der Waals surface area contributed by atoms with Crippen LogP contribution >= 0.6 is 0 Å². The number of carbonyl (C=O) groups is 1. The molecule has 0 aliphatic carbocycles. The van der Waals surface area contributed by atoms with Gasteiger partial charge in [0.2, 0.25) is 0 Å². The fourth-order valence-electron chi connectivity index (χ4n) is 2.84. The molecule has 3 rings (SSSR count). The van der Waals surface area contributed by atoms with Crippen molar-refractivity contribution in [2.45, 2.75) is 19.6 Å². The third-order valence-corrected chi connectivity index (χ3v) is 4.34. The van der Waals surface area contributed by atoms with Crippen molar-refractivity contribution in [1.82, 2.24) is 5.32 Å². The van der Waals surface area contributed by atoms with E-state index in [9.17, 15) is 4.79 Å². The Bertz CT molecular complexity index is 920. The lowest BCUT2D eigenvalue weighted by molar-refractivity contribution is 0.0908. The van der Waals surface area contributed by atoms with E-state index in [1.807, 2.05) is 55.5 Å². The zero-order valence-corrected chi connectivity index (χ0v) is 16.1. The Labute approximate surface area is 164 Å². The molecule has 1 unspecified atom stereocenters. The van der Waals surface area contributed by atoms with Gasteiger partial charge < -0.3 is 23.9 Å². The molecule has 1 N–H and O–H groups in total. The molecule has 0 saturated heterocycles. The van der Waals surface area contributed by atoms with Gasteiger partial charge in [-0.3, -0.25) is 4.79 Å². The van der Waals surface area contributed by atoms with E-state index in [1.165, 1.54) is 6.26 Å². The Hall–Kier alpha value is -3.41. The second kappa shape index (κ2) is 8.99. The average Bonchev–Trinajstić information content (AvgIpc) is 3.21. The zero-order valence-electron chi connectivity index (χ0n) is 16.1. The van der Waals surface area contributed by atoms with Crippen LogP contribution in [0, 0.1) is 0 Å². The van der Waals surface area contributed by atoms with Gasteiger partial charge in [0.1, 0.15) is 23.9 Å². The summed E-state index contributed by atoms with van der Waals surface area (Å²) in [5.41, 5.74) is 1.48. The second-order valence-electron chi connectivity index (χ2n) is 6.18. The Morgan fingerprint density at radius 1 is 1.04 bits per heavy atom. The number of carbonyl (C=O) groups excluding carboxylic acids is 1. The van der Waals surface area contributed by atoms with Gasteiger partial charge in [-0.25, -0.2) is 0 Å². The molecule has 1 aromatic heterocycles. The van der Waals surface area contributed by atoms with Gasteiger partial charge in [0.15, 0.2) is 5.76 Å². The summed E-state index contributed by atoms with van der Waals surface area (Å²) in [4.78, 5) is 12.7. The largest absolute Gasteiger partial charge is 0.497 e. The molecule has 28 heavy (non-hydrogen) atoms. The first-order chi connectivity index (χ1) is 13.6. The number of rotatable bonds is 8. The van der Waals surface area contributed by atoms with E-state index in [2.05, 4.69) is 5.32 Å². The summed E-state index contributed by atoms with van der Waals surface area (Å²) in [5.74, 6) is 1.98. The normalized spacial score (nSPS) is 11.5. The molecule has 3 aromatic rings. The molecule has 6 heteroatoms. The van der Waals surface area contributed by atoms with E-state index in [-0.39, 0.29) is 24.3 Å². The molecule has 0 aliphatic rings. The van der Waals surface area contributed by atoms with E-state index in [0.29, 0.717) is 17.1 Å². The summed E-state index contributed by atoms with van der Waals surface area (Å²) >= 11 is 0. The quantitative estimate of drug-likeness (QED) is 0.628. The highest BCUT2D eigenvalue weighted by Gasteiger charge is 2.20. The molecule has 1 heterocycles. The zero-order chi connectivity index (χ0) is 19.9. The lowest BCUT2D eigenvalue weighted by Crippen LogP contribution is -2.27. The van der Waals surface area contributed by atoms with Crippen LogP contribution in [0.1, 0.15) is 34.6 Å². The minimum Gasteiger partial charge on any atom is -0.497 e. The number of hydrogen-bond donors (Lipinski definition) is 1. The minimum absolute atomic E-state index is 0.227. The number of amides is 1. The highest BCUT2D eigenvalue weighted by Crippen LogP contribution is 2.29. The Morgan fingerprint density at radius 3 is 2.54 bits per heavy atom. The van der Waals surface area contributed by atoms with E-state index in [1.54, 1.807) is 20.3 Å². The summed E-state index contributed by atoms with van der Waals surface area (Å²) in [7, 11) is 3.18. The summed E-state index contributed by atoms with van der Waals surface area (Å²) in [5, 5.41) is 2.94. The lowest BCUT2D eigenvalue weighted by atomic mass is 10.1. The second-order valence-corrected chi connectivity index (χ2v) is 6.18. The minimum atomic E-state index is -0.325. The van der Waals surface area contributed by atoms with Crippen LogP contribution < -0.4 is 19.5 Å². The lowest BCUT2D eigenvalue weighted by Gasteiger charge is -2.18. The monoisotopic (exact) mass is 381 g/mol. The average molecular weight is 381 g/mol. The predicted molar refractivity (Wildman–Crippen MR) is 105 cm³/mol. The molecule has 146 valence electrons. The number of furan rings is 1. The molecule has 0 fully saturated rings. The molecule has 1 atom stereocenters. The van der Waals surface area contributed by atoms with Crippen molar-refractivity contribution in [1.29, 1.82) is 0 Å². The van der Waals surface area contributed by atoms with Crippen LogP contribution in [0.25, 0.3) is 0 Å². The van der Waals surface area contributed by atoms with Crippen LogP contribution in [0.4, 0.5) is 0 Å². The van der Waals surface area contributed by atoms with Gasteiger partial charge in [-0.2, -0.15) is 0 Å². The molecule has 2 aromatic carbocycles. The SMILES string of the molecule is COc1ccc(OC)c(C(C)NC(=O)c2occc2COc2ccccc2)c1. The number of benzene rings is 2. The van der Waals surface area contributed by atoms with E-state index in [4.69, 9.17) is 18.6 Å². The van der Waals surface area contributed by atoms with E-state index in [0.717, 1.165) is 11.3 Å².